The van der Waals surface area contributed by atoms with Crippen molar-refractivity contribution in [3.63, 3.8) is 0 Å². The third kappa shape index (κ3) is 3.48. The number of benzene rings is 1. The lowest BCUT2D eigenvalue weighted by Crippen LogP contribution is -2.36. The summed E-state index contributed by atoms with van der Waals surface area (Å²) in [5.74, 6) is 0. The highest BCUT2D eigenvalue weighted by molar-refractivity contribution is 6.30. The minimum absolute atomic E-state index is 0.425. The van der Waals surface area contributed by atoms with Crippen molar-refractivity contribution >= 4 is 11.6 Å². The molecule has 2 nitrogen and oxygen atoms in total. The monoisotopic (exact) mass is 238 g/mol. The Bertz CT molecular complexity index is 315. The molecular formula is C13H19ClN2. The molecule has 0 aromatic heterocycles. The number of nitrogens with one attached hydrogen (secondary N) is 1. The Morgan fingerprint density at radius 2 is 1.75 bits per heavy atom. The van der Waals surface area contributed by atoms with E-state index in [0.717, 1.165) is 24.4 Å². The topological polar surface area (TPSA) is 38.0 Å². The van der Waals surface area contributed by atoms with Crippen LogP contribution in [0.15, 0.2) is 24.3 Å². The molecule has 1 aliphatic rings. The van der Waals surface area contributed by atoms with Crippen LogP contribution in [-0.4, -0.2) is 12.1 Å². The van der Waals surface area contributed by atoms with Gasteiger partial charge in [0.2, 0.25) is 0 Å². The van der Waals surface area contributed by atoms with E-state index in [4.69, 9.17) is 17.3 Å². The van der Waals surface area contributed by atoms with Crippen LogP contribution < -0.4 is 11.1 Å². The Balaban J connectivity index is 1.77. The standard InChI is InChI=1S/C13H19ClN2/c14-11-3-1-10(2-4-11)9-16-13-7-5-12(15)6-8-13/h1-4,12-13,16H,5-9,15H2. The lowest BCUT2D eigenvalue weighted by Gasteiger charge is -2.26. The van der Waals surface area contributed by atoms with E-state index in [2.05, 4.69) is 17.4 Å². The van der Waals surface area contributed by atoms with E-state index in [1.807, 2.05) is 12.1 Å². The number of nitrogens with two attached hydrogens (primary N) is 1. The molecular weight excluding hydrogens is 220 g/mol. The van der Waals surface area contributed by atoms with Crippen LogP contribution in [-0.2, 0) is 6.54 Å². The maximum Gasteiger partial charge on any atom is 0.0406 e. The van der Waals surface area contributed by atoms with Gasteiger partial charge in [0, 0.05) is 23.7 Å². The minimum atomic E-state index is 0.425. The maximum absolute atomic E-state index is 5.88. The summed E-state index contributed by atoms with van der Waals surface area (Å²) in [5.41, 5.74) is 7.17. The highest BCUT2D eigenvalue weighted by atomic mass is 35.5. The Hall–Kier alpha value is -0.570. The molecule has 1 aromatic rings. The normalized spacial score (nSPS) is 25.6. The van der Waals surface area contributed by atoms with E-state index in [-0.39, 0.29) is 0 Å². The van der Waals surface area contributed by atoms with E-state index in [1.165, 1.54) is 18.4 Å². The summed E-state index contributed by atoms with van der Waals surface area (Å²) in [6.07, 6.45) is 4.71. The fraction of sp³-hybridized carbons (Fsp3) is 0.538. The molecule has 0 unspecified atom stereocenters. The van der Waals surface area contributed by atoms with E-state index in [0.29, 0.717) is 12.1 Å². The zero-order valence-electron chi connectivity index (χ0n) is 9.45. The molecule has 0 aliphatic heterocycles. The van der Waals surface area contributed by atoms with Crippen LogP contribution in [0.1, 0.15) is 31.2 Å². The first-order valence-corrected chi connectivity index (χ1v) is 6.35. The van der Waals surface area contributed by atoms with Gasteiger partial charge in [-0.1, -0.05) is 23.7 Å². The summed E-state index contributed by atoms with van der Waals surface area (Å²) in [4.78, 5) is 0. The zero-order valence-corrected chi connectivity index (χ0v) is 10.2. The number of hydrogen-bond acceptors (Lipinski definition) is 2. The smallest absolute Gasteiger partial charge is 0.0406 e. The summed E-state index contributed by atoms with van der Waals surface area (Å²) < 4.78 is 0. The van der Waals surface area contributed by atoms with Gasteiger partial charge in [-0.25, -0.2) is 0 Å². The van der Waals surface area contributed by atoms with Crippen molar-refractivity contribution in [3.8, 4) is 0 Å². The van der Waals surface area contributed by atoms with Crippen LogP contribution in [0.3, 0.4) is 0 Å². The summed E-state index contributed by atoms with van der Waals surface area (Å²) >= 11 is 5.84. The lowest BCUT2D eigenvalue weighted by molar-refractivity contribution is 0.342. The summed E-state index contributed by atoms with van der Waals surface area (Å²) in [6, 6.07) is 9.09. The highest BCUT2D eigenvalue weighted by Gasteiger charge is 2.17. The summed E-state index contributed by atoms with van der Waals surface area (Å²) in [7, 11) is 0. The quantitative estimate of drug-likeness (QED) is 0.850. The Morgan fingerprint density at radius 3 is 2.38 bits per heavy atom. The third-order valence-corrected chi connectivity index (χ3v) is 3.53. The van der Waals surface area contributed by atoms with Gasteiger partial charge >= 0.3 is 0 Å². The van der Waals surface area contributed by atoms with Crippen molar-refractivity contribution in [1.82, 2.24) is 5.32 Å². The van der Waals surface area contributed by atoms with Crippen LogP contribution in [0.5, 0.6) is 0 Å². The average molecular weight is 239 g/mol. The van der Waals surface area contributed by atoms with Crippen molar-refractivity contribution in [1.29, 1.82) is 0 Å². The van der Waals surface area contributed by atoms with Crippen LogP contribution in [0, 0.1) is 0 Å². The van der Waals surface area contributed by atoms with E-state index in [9.17, 15) is 0 Å². The SMILES string of the molecule is NC1CCC(NCc2ccc(Cl)cc2)CC1. The Kier molecular flexibility index (Phi) is 4.22. The van der Waals surface area contributed by atoms with Gasteiger partial charge in [-0.2, -0.15) is 0 Å². The molecule has 2 rings (SSSR count). The highest BCUT2D eigenvalue weighted by Crippen LogP contribution is 2.17. The maximum atomic E-state index is 5.88. The van der Waals surface area contributed by atoms with Crippen molar-refractivity contribution in [2.45, 2.75) is 44.3 Å². The number of halogens is 1. The molecule has 0 spiro atoms. The van der Waals surface area contributed by atoms with E-state index >= 15 is 0 Å². The number of hydrogen-bond donors (Lipinski definition) is 2. The molecule has 0 saturated heterocycles. The first kappa shape index (κ1) is 11.9. The van der Waals surface area contributed by atoms with Crippen molar-refractivity contribution in [3.05, 3.63) is 34.9 Å². The van der Waals surface area contributed by atoms with Gasteiger partial charge < -0.3 is 11.1 Å². The molecule has 0 radical (unpaired) electrons. The average Bonchev–Trinajstić information content (AvgIpc) is 2.30. The molecule has 0 atom stereocenters. The molecule has 0 amide bonds. The lowest BCUT2D eigenvalue weighted by atomic mass is 9.92. The van der Waals surface area contributed by atoms with Gasteiger partial charge in [0.15, 0.2) is 0 Å². The molecule has 1 aromatic carbocycles. The van der Waals surface area contributed by atoms with Crippen LogP contribution in [0.25, 0.3) is 0 Å². The molecule has 88 valence electrons. The molecule has 3 heteroatoms. The molecule has 1 aliphatic carbocycles. The second kappa shape index (κ2) is 5.67. The molecule has 0 bridgehead atoms. The van der Waals surface area contributed by atoms with Gasteiger partial charge in [-0.15, -0.1) is 0 Å². The third-order valence-electron chi connectivity index (χ3n) is 3.28. The Labute approximate surface area is 102 Å². The second-order valence-corrected chi connectivity index (χ2v) is 5.06. The fourth-order valence-corrected chi connectivity index (χ4v) is 2.31. The van der Waals surface area contributed by atoms with Crippen molar-refractivity contribution in [2.24, 2.45) is 5.73 Å². The van der Waals surface area contributed by atoms with Crippen LogP contribution in [0.4, 0.5) is 0 Å². The zero-order chi connectivity index (χ0) is 11.4. The molecule has 0 heterocycles. The van der Waals surface area contributed by atoms with Gasteiger partial charge in [0.1, 0.15) is 0 Å². The predicted molar refractivity (Wildman–Crippen MR) is 68.5 cm³/mol. The summed E-state index contributed by atoms with van der Waals surface area (Å²) in [6.45, 7) is 0.928. The molecule has 3 N–H and O–H groups in total. The van der Waals surface area contributed by atoms with E-state index < -0.39 is 0 Å². The van der Waals surface area contributed by atoms with E-state index in [1.54, 1.807) is 0 Å². The molecule has 1 saturated carbocycles. The van der Waals surface area contributed by atoms with Gasteiger partial charge in [-0.3, -0.25) is 0 Å². The fourth-order valence-electron chi connectivity index (χ4n) is 2.19. The first-order valence-electron chi connectivity index (χ1n) is 5.97. The Morgan fingerprint density at radius 1 is 1.12 bits per heavy atom. The minimum Gasteiger partial charge on any atom is -0.328 e. The largest absolute Gasteiger partial charge is 0.328 e. The molecule has 1 fully saturated rings. The van der Waals surface area contributed by atoms with Crippen molar-refractivity contribution in [2.75, 3.05) is 0 Å². The second-order valence-electron chi connectivity index (χ2n) is 4.62. The van der Waals surface area contributed by atoms with Crippen molar-refractivity contribution < 1.29 is 0 Å². The van der Waals surface area contributed by atoms with Crippen LogP contribution in [0.2, 0.25) is 5.02 Å². The number of rotatable bonds is 3. The predicted octanol–water partition coefficient (Wildman–Crippen LogP) is 2.70. The first-order chi connectivity index (χ1) is 7.74. The molecule has 16 heavy (non-hydrogen) atoms. The van der Waals surface area contributed by atoms with Gasteiger partial charge in [0.05, 0.1) is 0 Å². The summed E-state index contributed by atoms with van der Waals surface area (Å²) in [5, 5.41) is 4.38. The van der Waals surface area contributed by atoms with Crippen LogP contribution >= 0.6 is 11.6 Å². The van der Waals surface area contributed by atoms with Gasteiger partial charge in [0.25, 0.3) is 0 Å². The van der Waals surface area contributed by atoms with Gasteiger partial charge in [-0.05, 0) is 43.4 Å².